The molecule has 212 valence electrons. The van der Waals surface area contributed by atoms with Crippen LogP contribution in [0, 0.1) is 5.92 Å². The molecule has 0 amide bonds. The molecule has 2 N–H and O–H groups in total. The van der Waals surface area contributed by atoms with Crippen molar-refractivity contribution in [2.75, 3.05) is 12.3 Å². The molecule has 3 aromatic rings. The van der Waals surface area contributed by atoms with Crippen molar-refractivity contribution in [3.63, 3.8) is 0 Å². The summed E-state index contributed by atoms with van der Waals surface area (Å²) in [6, 6.07) is 9.24. The first-order chi connectivity index (χ1) is 19.2. The number of halogens is 3. The molecule has 0 radical (unpaired) electrons. The van der Waals surface area contributed by atoms with Gasteiger partial charge in [-0.25, -0.2) is 9.48 Å². The fourth-order valence-corrected chi connectivity index (χ4v) is 5.75. The second kappa shape index (κ2) is 11.1. The summed E-state index contributed by atoms with van der Waals surface area (Å²) < 4.78 is 41.7. The lowest BCUT2D eigenvalue weighted by Crippen LogP contribution is -2.35. The lowest BCUT2D eigenvalue weighted by atomic mass is 9.90. The van der Waals surface area contributed by atoms with Crippen LogP contribution >= 0.6 is 0 Å². The van der Waals surface area contributed by atoms with E-state index in [-0.39, 0.29) is 23.0 Å². The summed E-state index contributed by atoms with van der Waals surface area (Å²) in [6.45, 7) is 6.94. The SMILES string of the molecule is CCC(C)CCc1nn(-c2ccc(C3CC3)cc2)c2c1C(CC)N(C(=C=O)c1cnc(C(F)(F)F)cc1N)CC2. The Morgan fingerprint density at radius 1 is 1.20 bits per heavy atom. The van der Waals surface area contributed by atoms with E-state index in [4.69, 9.17) is 10.8 Å². The largest absolute Gasteiger partial charge is 0.433 e. The summed E-state index contributed by atoms with van der Waals surface area (Å²) in [6.07, 6.45) is 3.07. The van der Waals surface area contributed by atoms with E-state index in [1.165, 1.54) is 18.4 Å². The van der Waals surface area contributed by atoms with Gasteiger partial charge >= 0.3 is 6.18 Å². The highest BCUT2D eigenvalue weighted by Crippen LogP contribution is 2.43. The van der Waals surface area contributed by atoms with Gasteiger partial charge in [0.25, 0.3) is 0 Å². The van der Waals surface area contributed by atoms with E-state index >= 15 is 0 Å². The molecular formula is C31H36F3N5O. The van der Waals surface area contributed by atoms with Gasteiger partial charge in [0.15, 0.2) is 5.94 Å². The maximum Gasteiger partial charge on any atom is 0.433 e. The number of hydrogen-bond acceptors (Lipinski definition) is 5. The molecule has 1 aliphatic carbocycles. The van der Waals surface area contributed by atoms with Gasteiger partial charge in [-0.05, 0) is 67.7 Å². The van der Waals surface area contributed by atoms with E-state index in [0.717, 1.165) is 54.2 Å². The minimum atomic E-state index is -4.63. The van der Waals surface area contributed by atoms with Crippen molar-refractivity contribution >= 4 is 17.3 Å². The number of anilines is 1. The average Bonchev–Trinajstić information content (AvgIpc) is 3.73. The first-order valence-electron chi connectivity index (χ1n) is 14.2. The molecule has 1 fully saturated rings. The van der Waals surface area contributed by atoms with Gasteiger partial charge < -0.3 is 10.6 Å². The normalized spacial score (nSPS) is 17.9. The quantitative estimate of drug-likeness (QED) is 0.293. The van der Waals surface area contributed by atoms with Crippen molar-refractivity contribution in [1.29, 1.82) is 0 Å². The molecule has 2 aromatic heterocycles. The molecule has 1 aliphatic heterocycles. The third kappa shape index (κ3) is 5.39. The van der Waals surface area contributed by atoms with Crippen LogP contribution in [0.25, 0.3) is 11.4 Å². The number of benzene rings is 1. The molecule has 1 aromatic carbocycles. The van der Waals surface area contributed by atoms with E-state index in [0.29, 0.717) is 31.2 Å². The van der Waals surface area contributed by atoms with Crippen LogP contribution < -0.4 is 5.73 Å². The molecule has 0 spiro atoms. The minimum absolute atomic E-state index is 0.130. The predicted octanol–water partition coefficient (Wildman–Crippen LogP) is 6.91. The summed E-state index contributed by atoms with van der Waals surface area (Å²) in [7, 11) is 0. The molecule has 0 bridgehead atoms. The van der Waals surface area contributed by atoms with Crippen LogP contribution in [0.3, 0.4) is 0 Å². The zero-order valence-corrected chi connectivity index (χ0v) is 23.3. The topological polar surface area (TPSA) is 77.0 Å². The lowest BCUT2D eigenvalue weighted by molar-refractivity contribution is -0.141. The first kappa shape index (κ1) is 28.0. The standard InChI is InChI=1S/C31H36F3N5O/c1-4-19(3)6-13-25-30-26(5-2)38(28(18-40)23-17-36-29(16-24(23)35)31(32,33)34)15-14-27(30)39(37-25)22-11-9-21(10-12-22)20-7-8-20/h9-12,16-17,19-20,26H,4-8,13-15H2,1-3H3,(H2,35,36). The van der Waals surface area contributed by atoms with Gasteiger partial charge in [0.2, 0.25) is 0 Å². The van der Waals surface area contributed by atoms with Gasteiger partial charge in [0, 0.05) is 30.4 Å². The maximum absolute atomic E-state index is 13.2. The van der Waals surface area contributed by atoms with Crippen LogP contribution in [-0.2, 0) is 23.8 Å². The van der Waals surface area contributed by atoms with E-state index in [2.05, 4.69) is 47.8 Å². The Kier molecular flexibility index (Phi) is 7.78. The van der Waals surface area contributed by atoms with Gasteiger partial charge in [0.05, 0.1) is 28.7 Å². The van der Waals surface area contributed by atoms with E-state index < -0.39 is 11.9 Å². The van der Waals surface area contributed by atoms with Crippen LogP contribution in [0.4, 0.5) is 18.9 Å². The Hall–Kier alpha value is -3.58. The molecule has 9 heteroatoms. The Labute approximate surface area is 233 Å². The molecule has 2 atom stereocenters. The van der Waals surface area contributed by atoms with Crippen molar-refractivity contribution in [1.82, 2.24) is 19.7 Å². The number of nitrogen functional groups attached to an aromatic ring is 1. The van der Waals surface area contributed by atoms with E-state index in [9.17, 15) is 18.0 Å². The number of alkyl halides is 3. The van der Waals surface area contributed by atoms with Crippen molar-refractivity contribution in [3.8, 4) is 5.69 Å². The minimum Gasteiger partial charge on any atom is -0.398 e. The number of nitrogens with two attached hydrogens (primary N) is 1. The van der Waals surface area contributed by atoms with Crippen molar-refractivity contribution in [3.05, 3.63) is 70.3 Å². The summed E-state index contributed by atoms with van der Waals surface area (Å²) in [5, 5.41) is 5.13. The summed E-state index contributed by atoms with van der Waals surface area (Å²) in [5.74, 6) is 3.20. The zero-order valence-electron chi connectivity index (χ0n) is 23.3. The van der Waals surface area contributed by atoms with E-state index in [1.54, 1.807) is 0 Å². The number of nitrogens with zero attached hydrogens (tertiary/aromatic N) is 4. The molecular weight excluding hydrogens is 515 g/mol. The Balaban J connectivity index is 1.54. The van der Waals surface area contributed by atoms with Gasteiger partial charge in [0.1, 0.15) is 11.4 Å². The molecule has 5 rings (SSSR count). The molecule has 2 unspecified atom stereocenters. The first-order valence-corrected chi connectivity index (χ1v) is 14.2. The number of fused-ring (bicyclic) bond motifs is 1. The third-order valence-corrected chi connectivity index (χ3v) is 8.41. The van der Waals surface area contributed by atoms with Gasteiger partial charge in [-0.3, -0.25) is 4.98 Å². The van der Waals surface area contributed by atoms with Crippen molar-refractivity contribution < 1.29 is 18.0 Å². The lowest BCUT2D eigenvalue weighted by Gasteiger charge is -2.38. The second-order valence-corrected chi connectivity index (χ2v) is 11.1. The Morgan fingerprint density at radius 3 is 2.50 bits per heavy atom. The zero-order chi connectivity index (χ0) is 28.6. The monoisotopic (exact) mass is 551 g/mol. The molecule has 40 heavy (non-hydrogen) atoms. The van der Waals surface area contributed by atoms with Crippen LogP contribution in [-0.4, -0.2) is 32.2 Å². The van der Waals surface area contributed by atoms with E-state index in [1.807, 2.05) is 17.8 Å². The smallest absolute Gasteiger partial charge is 0.398 e. The molecule has 6 nitrogen and oxygen atoms in total. The van der Waals surface area contributed by atoms with Crippen LogP contribution in [0.15, 0.2) is 36.5 Å². The highest BCUT2D eigenvalue weighted by atomic mass is 19.4. The van der Waals surface area contributed by atoms with Gasteiger partial charge in [-0.2, -0.15) is 18.3 Å². The highest BCUT2D eigenvalue weighted by Gasteiger charge is 2.37. The number of aryl methyl sites for hydroxylation is 1. The predicted molar refractivity (Wildman–Crippen MR) is 150 cm³/mol. The molecule has 3 heterocycles. The van der Waals surface area contributed by atoms with Crippen LogP contribution in [0.5, 0.6) is 0 Å². The van der Waals surface area contributed by atoms with Gasteiger partial charge in [-0.1, -0.05) is 39.3 Å². The number of hydrogen-bond donors (Lipinski definition) is 1. The second-order valence-electron chi connectivity index (χ2n) is 11.1. The number of pyridine rings is 1. The Bertz CT molecular complexity index is 1420. The van der Waals surface area contributed by atoms with Crippen molar-refractivity contribution in [2.24, 2.45) is 5.92 Å². The van der Waals surface area contributed by atoms with Crippen LogP contribution in [0.2, 0.25) is 0 Å². The number of aromatic nitrogens is 3. The van der Waals surface area contributed by atoms with Crippen LogP contribution in [0.1, 0.15) is 98.6 Å². The summed E-state index contributed by atoms with van der Waals surface area (Å²) >= 11 is 0. The van der Waals surface area contributed by atoms with Crippen molar-refractivity contribution in [2.45, 2.75) is 83.9 Å². The number of carbonyl (C=O) groups excluding carboxylic acids is 1. The fourth-order valence-electron chi connectivity index (χ4n) is 5.75. The van der Waals surface area contributed by atoms with Gasteiger partial charge in [-0.15, -0.1) is 0 Å². The molecule has 0 saturated heterocycles. The molecule has 1 saturated carbocycles. The average molecular weight is 552 g/mol. The summed E-state index contributed by atoms with van der Waals surface area (Å²) in [4.78, 5) is 17.8. The molecule has 2 aliphatic rings. The Morgan fingerprint density at radius 2 is 1.93 bits per heavy atom. The highest BCUT2D eigenvalue weighted by molar-refractivity contribution is 5.90. The summed E-state index contributed by atoms with van der Waals surface area (Å²) in [5.41, 5.74) is 10.7. The fraction of sp³-hybridized carbons (Fsp3) is 0.484. The number of rotatable bonds is 9. The third-order valence-electron chi connectivity index (χ3n) is 8.41. The maximum atomic E-state index is 13.2.